The Bertz CT molecular complexity index is 743. The Balaban J connectivity index is 2.06. The lowest BCUT2D eigenvalue weighted by molar-refractivity contribution is -0.304. The van der Waals surface area contributed by atoms with Crippen molar-refractivity contribution in [3.8, 4) is 22.6 Å². The van der Waals surface area contributed by atoms with Crippen molar-refractivity contribution in [2.24, 2.45) is 0 Å². The Hall–Kier alpha value is -2.37. The van der Waals surface area contributed by atoms with Crippen molar-refractivity contribution < 1.29 is 14.9 Å². The van der Waals surface area contributed by atoms with Gasteiger partial charge in [-0.15, -0.1) is 0 Å². The molecular weight excluding hydrogens is 308 g/mol. The first-order valence-electron chi connectivity index (χ1n) is 7.29. The molecule has 1 amide bonds. The number of aromatic nitrogens is 1. The summed E-state index contributed by atoms with van der Waals surface area (Å²) in [6.07, 6.45) is 0. The molecule has 1 heterocycles. The molecule has 0 spiro atoms. The molecule has 0 aliphatic heterocycles. The number of nitrogens with zero attached hydrogens (tertiary/aromatic N) is 1. The molecular formula is C18H17N2O2S+. The lowest BCUT2D eigenvalue weighted by atomic mass is 10.1. The van der Waals surface area contributed by atoms with Gasteiger partial charge in [0.25, 0.3) is 5.22 Å². The number of hydrogen-bond acceptors (Lipinski definition) is 4. The zero-order valence-corrected chi connectivity index (χ0v) is 13.5. The minimum Gasteiger partial charge on any atom is -0.431 e. The molecule has 0 bridgehead atoms. The second kappa shape index (κ2) is 6.81. The average Bonchev–Trinajstić information content (AvgIpc) is 3.00. The molecule has 116 valence electrons. The first-order valence-corrected chi connectivity index (χ1v) is 8.17. The van der Waals surface area contributed by atoms with Gasteiger partial charge in [0.05, 0.1) is 0 Å². The van der Waals surface area contributed by atoms with Crippen molar-refractivity contribution in [3.63, 3.8) is 0 Å². The lowest BCUT2D eigenvalue weighted by Crippen LogP contribution is -2.60. The molecule has 2 aromatic carbocycles. The summed E-state index contributed by atoms with van der Waals surface area (Å²) in [4.78, 5) is 16.0. The largest absolute Gasteiger partial charge is 0.431 e. The molecule has 3 aromatic rings. The number of hydrogen-bond donors (Lipinski definition) is 1. The predicted molar refractivity (Wildman–Crippen MR) is 90.6 cm³/mol. The minimum absolute atomic E-state index is 0.143. The Labute approximate surface area is 138 Å². The van der Waals surface area contributed by atoms with Crippen LogP contribution >= 0.6 is 11.8 Å². The van der Waals surface area contributed by atoms with Crippen molar-refractivity contribution in [1.29, 1.82) is 0 Å². The van der Waals surface area contributed by atoms with Gasteiger partial charge in [0.15, 0.2) is 5.76 Å². The minimum atomic E-state index is -0.291. The van der Waals surface area contributed by atoms with Gasteiger partial charge >= 0.3 is 5.91 Å². The summed E-state index contributed by atoms with van der Waals surface area (Å²) < 4.78 is 5.95. The third-order valence-corrected chi connectivity index (χ3v) is 4.41. The smallest absolute Gasteiger partial charge is 0.322 e. The van der Waals surface area contributed by atoms with E-state index >= 15 is 0 Å². The first kappa shape index (κ1) is 15.5. The third kappa shape index (κ3) is 3.52. The number of rotatable bonds is 5. The van der Waals surface area contributed by atoms with Crippen molar-refractivity contribution in [2.45, 2.75) is 17.4 Å². The summed E-state index contributed by atoms with van der Waals surface area (Å²) in [6, 6.07) is 19.7. The van der Waals surface area contributed by atoms with E-state index in [9.17, 15) is 4.79 Å². The normalized spacial score (nSPS) is 12.1. The van der Waals surface area contributed by atoms with Gasteiger partial charge in [0, 0.05) is 11.1 Å². The van der Waals surface area contributed by atoms with Crippen LogP contribution in [0.15, 0.2) is 70.3 Å². The Morgan fingerprint density at radius 1 is 1.04 bits per heavy atom. The molecule has 0 saturated heterocycles. The summed E-state index contributed by atoms with van der Waals surface area (Å²) >= 11 is 1.29. The van der Waals surface area contributed by atoms with Crippen LogP contribution in [-0.2, 0) is 4.79 Å². The number of carbonyl (C=O) groups excluding carboxylic acids is 1. The standard InChI is InChI=1S/C18H16N2O2S/c1-12(17(19)21)23-18-20-15(13-8-4-2-5-9-13)16(22-18)14-10-6-3-7-11-14/h2-12H,1H3,(H2,19,21)/p+1. The Kier molecular flexibility index (Phi) is 4.60. The molecule has 1 atom stereocenters. The van der Waals surface area contributed by atoms with Crippen LogP contribution in [-0.4, -0.2) is 16.1 Å². The van der Waals surface area contributed by atoms with Crippen LogP contribution in [0.5, 0.6) is 0 Å². The zero-order valence-electron chi connectivity index (χ0n) is 12.7. The SMILES string of the molecule is CC(Sc1nc(-c2ccccc2)c(-c2ccccc2)o1)C([NH3+])=O. The number of amides is 1. The number of thioether (sulfide) groups is 1. The van der Waals surface area contributed by atoms with E-state index in [1.165, 1.54) is 11.8 Å². The second-order valence-electron chi connectivity index (χ2n) is 5.12. The first-order chi connectivity index (χ1) is 11.1. The van der Waals surface area contributed by atoms with E-state index in [0.717, 1.165) is 16.8 Å². The van der Waals surface area contributed by atoms with E-state index in [4.69, 9.17) is 4.42 Å². The summed E-state index contributed by atoms with van der Waals surface area (Å²) in [5.74, 6) is 0.568. The molecule has 0 aliphatic carbocycles. The van der Waals surface area contributed by atoms with Crippen LogP contribution in [0.25, 0.3) is 22.6 Å². The van der Waals surface area contributed by atoms with E-state index < -0.39 is 0 Å². The van der Waals surface area contributed by atoms with Crippen molar-refractivity contribution in [2.75, 3.05) is 0 Å². The van der Waals surface area contributed by atoms with Crippen molar-refractivity contribution in [1.82, 2.24) is 4.98 Å². The fraction of sp³-hybridized carbons (Fsp3) is 0.111. The van der Waals surface area contributed by atoms with E-state index in [2.05, 4.69) is 10.7 Å². The Morgan fingerprint density at radius 3 is 2.17 bits per heavy atom. The van der Waals surface area contributed by atoms with Crippen LogP contribution in [0, 0.1) is 0 Å². The number of benzene rings is 2. The maximum Gasteiger partial charge on any atom is 0.322 e. The molecule has 3 rings (SSSR count). The molecule has 5 heteroatoms. The van der Waals surface area contributed by atoms with E-state index in [-0.39, 0.29) is 11.2 Å². The molecule has 0 fully saturated rings. The van der Waals surface area contributed by atoms with Gasteiger partial charge < -0.3 is 4.42 Å². The summed E-state index contributed by atoms with van der Waals surface area (Å²) in [6.45, 7) is 1.80. The summed E-state index contributed by atoms with van der Waals surface area (Å²) in [7, 11) is 0. The van der Waals surface area contributed by atoms with Crippen molar-refractivity contribution in [3.05, 3.63) is 60.7 Å². The monoisotopic (exact) mass is 325 g/mol. The molecule has 0 aliphatic rings. The van der Waals surface area contributed by atoms with Crippen LogP contribution in [0.4, 0.5) is 0 Å². The van der Waals surface area contributed by atoms with E-state index in [1.807, 2.05) is 60.7 Å². The number of carbonyl (C=O) groups is 1. The number of oxazole rings is 1. The maximum absolute atomic E-state index is 11.4. The summed E-state index contributed by atoms with van der Waals surface area (Å²) in [5.41, 5.74) is 6.17. The zero-order chi connectivity index (χ0) is 16.2. The highest BCUT2D eigenvalue weighted by Gasteiger charge is 2.21. The number of quaternary nitrogens is 1. The molecule has 1 aromatic heterocycles. The van der Waals surface area contributed by atoms with Gasteiger partial charge in [-0.05, 0) is 18.7 Å². The van der Waals surface area contributed by atoms with E-state index in [0.29, 0.717) is 11.0 Å². The Morgan fingerprint density at radius 2 is 1.61 bits per heavy atom. The highest BCUT2D eigenvalue weighted by molar-refractivity contribution is 8.00. The van der Waals surface area contributed by atoms with Gasteiger partial charge in [0.2, 0.25) is 0 Å². The van der Waals surface area contributed by atoms with Gasteiger partial charge in [-0.25, -0.2) is 9.78 Å². The quantitative estimate of drug-likeness (QED) is 0.731. The highest BCUT2D eigenvalue weighted by atomic mass is 32.2. The van der Waals surface area contributed by atoms with Crippen LogP contribution < -0.4 is 5.73 Å². The molecule has 4 nitrogen and oxygen atoms in total. The van der Waals surface area contributed by atoms with Crippen molar-refractivity contribution >= 4 is 17.7 Å². The molecule has 1 unspecified atom stereocenters. The average molecular weight is 325 g/mol. The van der Waals surface area contributed by atoms with Gasteiger partial charge in [-0.1, -0.05) is 60.7 Å². The van der Waals surface area contributed by atoms with Gasteiger partial charge in [-0.3, -0.25) is 5.73 Å². The van der Waals surface area contributed by atoms with Gasteiger partial charge in [-0.2, -0.15) is 0 Å². The van der Waals surface area contributed by atoms with Crippen LogP contribution in [0.3, 0.4) is 0 Å². The van der Waals surface area contributed by atoms with Crippen LogP contribution in [0.1, 0.15) is 6.92 Å². The fourth-order valence-electron chi connectivity index (χ4n) is 2.14. The van der Waals surface area contributed by atoms with E-state index in [1.54, 1.807) is 6.92 Å². The van der Waals surface area contributed by atoms with Crippen LogP contribution in [0.2, 0.25) is 0 Å². The third-order valence-electron chi connectivity index (χ3n) is 3.42. The lowest BCUT2D eigenvalue weighted by Gasteiger charge is -2.00. The fourth-order valence-corrected chi connectivity index (χ4v) is 2.85. The molecule has 0 radical (unpaired) electrons. The topological polar surface area (TPSA) is 70.7 Å². The molecule has 0 saturated carbocycles. The summed E-state index contributed by atoms with van der Waals surface area (Å²) in [5, 5.41) is 0.188. The maximum atomic E-state index is 11.4. The predicted octanol–water partition coefficient (Wildman–Crippen LogP) is 3.26. The molecule has 3 N–H and O–H groups in total. The molecule has 23 heavy (non-hydrogen) atoms. The van der Waals surface area contributed by atoms with Gasteiger partial charge in [0.1, 0.15) is 10.9 Å². The highest BCUT2D eigenvalue weighted by Crippen LogP contribution is 2.36. The second-order valence-corrected chi connectivity index (χ2v) is 6.41.